The van der Waals surface area contributed by atoms with Crippen molar-refractivity contribution in [2.45, 2.75) is 56.7 Å². The Bertz CT molecular complexity index is 1110. The number of nitrogens with zero attached hydrogens (tertiary/aromatic N) is 3. The number of pyridine rings is 1. The van der Waals surface area contributed by atoms with Crippen molar-refractivity contribution in [2.75, 3.05) is 23.3 Å². The van der Waals surface area contributed by atoms with Crippen LogP contribution in [-0.2, 0) is 11.0 Å². The van der Waals surface area contributed by atoms with Crippen LogP contribution in [0.1, 0.15) is 55.6 Å². The molecule has 1 saturated carbocycles. The summed E-state index contributed by atoms with van der Waals surface area (Å²) >= 11 is 0. The number of nitrogens with one attached hydrogen (secondary N) is 1. The number of urea groups is 1. The van der Waals surface area contributed by atoms with Crippen molar-refractivity contribution < 1.29 is 31.6 Å². The molecule has 194 valence electrons. The number of benzene rings is 1. The predicted octanol–water partition coefficient (Wildman–Crippen LogP) is 5.57. The van der Waals surface area contributed by atoms with E-state index < -0.39 is 29.4 Å². The maximum atomic E-state index is 14.5. The van der Waals surface area contributed by atoms with Crippen molar-refractivity contribution in [2.24, 2.45) is 10.9 Å². The molecule has 4 rings (SSSR count). The van der Waals surface area contributed by atoms with Crippen LogP contribution < -0.4 is 16.0 Å². The van der Waals surface area contributed by atoms with E-state index in [4.69, 9.17) is 10.6 Å². The van der Waals surface area contributed by atoms with Gasteiger partial charge in [-0.2, -0.15) is 13.2 Å². The number of hydrogen-bond acceptors (Lipinski definition) is 5. The second kappa shape index (κ2) is 10.7. The third-order valence-corrected chi connectivity index (χ3v) is 6.52. The molecule has 1 aromatic heterocycles. The molecule has 1 saturated heterocycles. The summed E-state index contributed by atoms with van der Waals surface area (Å²) in [4.78, 5) is 22.5. The van der Waals surface area contributed by atoms with E-state index in [9.17, 15) is 26.7 Å². The number of rotatable bonds is 5. The Morgan fingerprint density at radius 2 is 1.78 bits per heavy atom. The molecule has 2 aliphatic rings. The predicted molar refractivity (Wildman–Crippen MR) is 124 cm³/mol. The van der Waals surface area contributed by atoms with Gasteiger partial charge in [-0.15, -0.1) is 0 Å². The molecule has 1 aliphatic heterocycles. The summed E-state index contributed by atoms with van der Waals surface area (Å²) in [5.74, 6) is -1.03. The van der Waals surface area contributed by atoms with Crippen LogP contribution in [0.25, 0.3) is 0 Å². The van der Waals surface area contributed by atoms with E-state index in [1.54, 1.807) is 0 Å². The standard InChI is InChI=1S/C24H26F5N5O2/c25-19-12-21(32-23(30)35)20(26)11-18(19)14-1-4-16(5-2-14)33-36-17-7-9-34(10-8-17)22-6-3-15(13-31-22)24(27,28)29/h3,6,11-14,17H,1-2,4-5,7-10H2,(H3,30,32,35). The number of amides is 2. The van der Waals surface area contributed by atoms with E-state index >= 15 is 0 Å². The fourth-order valence-corrected chi connectivity index (χ4v) is 4.54. The number of nitrogens with two attached hydrogens (primary N) is 1. The number of oxime groups is 1. The fraction of sp³-hybridized carbons (Fsp3) is 0.458. The molecule has 12 heteroatoms. The van der Waals surface area contributed by atoms with Crippen molar-refractivity contribution in [1.29, 1.82) is 0 Å². The molecule has 0 unspecified atom stereocenters. The van der Waals surface area contributed by atoms with Crippen LogP contribution in [0.4, 0.5) is 38.3 Å². The van der Waals surface area contributed by atoms with Crippen molar-refractivity contribution in [3.8, 4) is 0 Å². The molecule has 2 heterocycles. The highest BCUT2D eigenvalue weighted by Gasteiger charge is 2.31. The van der Waals surface area contributed by atoms with Crippen LogP contribution in [0.3, 0.4) is 0 Å². The number of anilines is 2. The number of carbonyl (C=O) groups is 1. The maximum Gasteiger partial charge on any atom is 0.417 e. The van der Waals surface area contributed by atoms with Gasteiger partial charge in [0.05, 0.1) is 17.0 Å². The Hall–Kier alpha value is -3.44. The van der Waals surface area contributed by atoms with E-state index in [-0.39, 0.29) is 23.3 Å². The van der Waals surface area contributed by atoms with Gasteiger partial charge >= 0.3 is 12.2 Å². The molecule has 36 heavy (non-hydrogen) atoms. The molecular formula is C24H26F5N5O2. The molecule has 3 N–H and O–H groups in total. The maximum absolute atomic E-state index is 14.5. The van der Waals surface area contributed by atoms with Crippen LogP contribution in [-0.4, -0.2) is 35.9 Å². The summed E-state index contributed by atoms with van der Waals surface area (Å²) in [6.45, 7) is 1.17. The van der Waals surface area contributed by atoms with Gasteiger partial charge < -0.3 is 20.8 Å². The molecule has 0 atom stereocenters. The van der Waals surface area contributed by atoms with Gasteiger partial charge in [0.1, 0.15) is 23.6 Å². The molecule has 0 spiro atoms. The summed E-state index contributed by atoms with van der Waals surface area (Å²) in [6, 6.07) is 3.47. The zero-order valence-corrected chi connectivity index (χ0v) is 19.3. The van der Waals surface area contributed by atoms with Gasteiger partial charge in [-0.3, -0.25) is 0 Å². The molecule has 2 amide bonds. The molecule has 1 aromatic carbocycles. The summed E-state index contributed by atoms with van der Waals surface area (Å²) in [7, 11) is 0. The molecular weight excluding hydrogens is 485 g/mol. The van der Waals surface area contributed by atoms with Gasteiger partial charge in [0.25, 0.3) is 0 Å². The first kappa shape index (κ1) is 25.6. The highest BCUT2D eigenvalue weighted by molar-refractivity contribution is 5.88. The van der Waals surface area contributed by atoms with Gasteiger partial charge in [-0.05, 0) is 55.4 Å². The Labute approximate surface area is 204 Å². The third-order valence-electron chi connectivity index (χ3n) is 6.52. The Morgan fingerprint density at radius 3 is 2.36 bits per heavy atom. The van der Waals surface area contributed by atoms with E-state index in [1.165, 1.54) is 6.07 Å². The lowest BCUT2D eigenvalue weighted by molar-refractivity contribution is -0.137. The van der Waals surface area contributed by atoms with Gasteiger partial charge in [0, 0.05) is 38.2 Å². The second-order valence-electron chi connectivity index (χ2n) is 8.97. The van der Waals surface area contributed by atoms with Crippen LogP contribution in [0, 0.1) is 11.6 Å². The number of hydrogen-bond donors (Lipinski definition) is 2. The first-order chi connectivity index (χ1) is 17.1. The summed E-state index contributed by atoms with van der Waals surface area (Å²) in [5, 5.41) is 6.35. The highest BCUT2D eigenvalue weighted by Crippen LogP contribution is 2.35. The van der Waals surface area contributed by atoms with Crippen LogP contribution >= 0.6 is 0 Å². The van der Waals surface area contributed by atoms with Gasteiger partial charge in [-0.25, -0.2) is 18.6 Å². The number of piperidine rings is 1. The lowest BCUT2D eigenvalue weighted by atomic mass is 9.83. The topological polar surface area (TPSA) is 92.8 Å². The average Bonchev–Trinajstić information content (AvgIpc) is 2.85. The van der Waals surface area contributed by atoms with E-state index in [0.717, 1.165) is 30.1 Å². The van der Waals surface area contributed by atoms with Gasteiger partial charge in [0.2, 0.25) is 0 Å². The Morgan fingerprint density at radius 1 is 1.08 bits per heavy atom. The SMILES string of the molecule is NC(=O)Nc1cc(F)c(C2CCC(=NOC3CCN(c4ccc(C(F)(F)F)cn4)CC3)CC2)cc1F. The number of halogens is 5. The number of aromatic nitrogens is 1. The van der Waals surface area contributed by atoms with Gasteiger partial charge in [0.15, 0.2) is 0 Å². The zero-order chi connectivity index (χ0) is 25.9. The molecule has 0 radical (unpaired) electrons. The Kier molecular flexibility index (Phi) is 7.60. The third kappa shape index (κ3) is 6.21. The Balaban J connectivity index is 1.25. The highest BCUT2D eigenvalue weighted by atomic mass is 19.4. The van der Waals surface area contributed by atoms with Crippen LogP contribution in [0.5, 0.6) is 0 Å². The molecule has 2 fully saturated rings. The molecule has 7 nitrogen and oxygen atoms in total. The van der Waals surface area contributed by atoms with E-state index in [0.29, 0.717) is 57.4 Å². The normalized spacial score (nSPS) is 19.2. The smallest absolute Gasteiger partial charge is 0.392 e. The van der Waals surface area contributed by atoms with Crippen LogP contribution in [0.2, 0.25) is 0 Å². The molecule has 1 aliphatic carbocycles. The number of alkyl halides is 3. The lowest BCUT2D eigenvalue weighted by Crippen LogP contribution is -2.37. The van der Waals surface area contributed by atoms with Gasteiger partial charge in [-0.1, -0.05) is 5.16 Å². The average molecular weight is 511 g/mol. The second-order valence-corrected chi connectivity index (χ2v) is 8.97. The van der Waals surface area contributed by atoms with Crippen LogP contribution in [0.15, 0.2) is 35.6 Å². The first-order valence-corrected chi connectivity index (χ1v) is 11.7. The molecule has 0 bridgehead atoms. The summed E-state index contributed by atoms with van der Waals surface area (Å²) < 4.78 is 66.9. The minimum Gasteiger partial charge on any atom is -0.392 e. The van der Waals surface area contributed by atoms with Crippen molar-refractivity contribution in [3.05, 3.63) is 53.2 Å². The first-order valence-electron chi connectivity index (χ1n) is 11.7. The monoisotopic (exact) mass is 511 g/mol. The van der Waals surface area contributed by atoms with Crippen molar-refractivity contribution in [3.63, 3.8) is 0 Å². The summed E-state index contributed by atoms with van der Waals surface area (Å²) in [6.07, 6.45) is -0.0500. The number of carbonyl (C=O) groups excluding carboxylic acids is 1. The lowest BCUT2D eigenvalue weighted by Gasteiger charge is -2.32. The molecule has 2 aromatic rings. The zero-order valence-electron chi connectivity index (χ0n) is 19.3. The quantitative estimate of drug-likeness (QED) is 0.406. The minimum atomic E-state index is -4.41. The summed E-state index contributed by atoms with van der Waals surface area (Å²) in [5.41, 5.74) is 5.00. The van der Waals surface area contributed by atoms with Crippen molar-refractivity contribution >= 4 is 23.2 Å². The minimum absolute atomic E-state index is 0.113. The van der Waals surface area contributed by atoms with E-state index in [1.807, 2.05) is 4.90 Å². The fourth-order valence-electron chi connectivity index (χ4n) is 4.54. The number of primary amides is 1. The largest absolute Gasteiger partial charge is 0.417 e. The van der Waals surface area contributed by atoms with E-state index in [2.05, 4.69) is 15.5 Å². The van der Waals surface area contributed by atoms with Crippen molar-refractivity contribution in [1.82, 2.24) is 4.98 Å².